The summed E-state index contributed by atoms with van der Waals surface area (Å²) in [5.74, 6) is -0.0593. The van der Waals surface area contributed by atoms with Crippen molar-refractivity contribution in [2.75, 3.05) is 23.0 Å². The molecule has 4 heterocycles. The van der Waals surface area contributed by atoms with Crippen LogP contribution in [0.3, 0.4) is 0 Å². The van der Waals surface area contributed by atoms with Crippen LogP contribution in [0.4, 0.5) is 5.69 Å². The topological polar surface area (TPSA) is 107 Å². The van der Waals surface area contributed by atoms with Crippen LogP contribution in [0.1, 0.15) is 18.0 Å². The average Bonchev–Trinajstić information content (AvgIpc) is 3.40. The number of sulfone groups is 1. The number of aromatic nitrogens is 4. The van der Waals surface area contributed by atoms with E-state index in [2.05, 4.69) is 10.1 Å². The number of nitrogens with zero attached hydrogens (tertiary/aromatic N) is 5. The van der Waals surface area contributed by atoms with Crippen molar-refractivity contribution < 1.29 is 13.2 Å². The molecule has 2 aliphatic heterocycles. The van der Waals surface area contributed by atoms with Gasteiger partial charge in [-0.05, 0) is 24.5 Å². The van der Waals surface area contributed by atoms with Crippen LogP contribution in [-0.2, 0) is 27.6 Å². The molecule has 5 rings (SSSR count). The summed E-state index contributed by atoms with van der Waals surface area (Å²) in [6.07, 6.45) is 4.00. The zero-order chi connectivity index (χ0) is 20.2. The number of rotatable bonds is 3. The lowest BCUT2D eigenvalue weighted by molar-refractivity contribution is -0.119. The zero-order valence-electron chi connectivity index (χ0n) is 15.6. The minimum atomic E-state index is -3.08. The Morgan fingerprint density at radius 1 is 1.24 bits per heavy atom. The van der Waals surface area contributed by atoms with E-state index in [0.717, 1.165) is 17.7 Å². The first-order chi connectivity index (χ1) is 13.9. The van der Waals surface area contributed by atoms with Crippen LogP contribution in [0, 0.1) is 0 Å². The van der Waals surface area contributed by atoms with Gasteiger partial charge < -0.3 is 4.90 Å². The quantitative estimate of drug-likeness (QED) is 0.620. The maximum atomic E-state index is 12.9. The molecule has 1 fully saturated rings. The van der Waals surface area contributed by atoms with Crippen molar-refractivity contribution >= 4 is 32.5 Å². The minimum absolute atomic E-state index is 0.00139. The maximum Gasteiger partial charge on any atom is 0.264 e. The molecule has 0 N–H and O–H groups in total. The number of fused-ring (bicyclic) bond motifs is 2. The first kappa shape index (κ1) is 18.0. The number of hydrogen-bond donors (Lipinski definition) is 0. The molecule has 9 nitrogen and oxygen atoms in total. The molecule has 2 aliphatic rings. The largest absolute Gasteiger partial charge is 0.310 e. The highest BCUT2D eigenvalue weighted by atomic mass is 32.2. The normalized spacial score (nSPS) is 20.3. The lowest BCUT2D eigenvalue weighted by Crippen LogP contribution is -2.35. The van der Waals surface area contributed by atoms with Crippen molar-refractivity contribution in [1.29, 1.82) is 0 Å². The van der Waals surface area contributed by atoms with E-state index in [0.29, 0.717) is 18.6 Å². The molecule has 1 atom stereocenters. The second kappa shape index (κ2) is 6.51. The summed E-state index contributed by atoms with van der Waals surface area (Å²) < 4.78 is 26.3. The molecule has 29 heavy (non-hydrogen) atoms. The fraction of sp³-hybridized carbons (Fsp3) is 0.368. The van der Waals surface area contributed by atoms with Crippen molar-refractivity contribution in [2.24, 2.45) is 0 Å². The summed E-state index contributed by atoms with van der Waals surface area (Å²) in [6, 6.07) is 7.43. The van der Waals surface area contributed by atoms with Crippen molar-refractivity contribution in [2.45, 2.75) is 25.4 Å². The van der Waals surface area contributed by atoms with E-state index in [1.165, 1.54) is 21.8 Å². The number of amides is 1. The Bertz CT molecular complexity index is 1290. The number of hydrogen-bond acceptors (Lipinski definition) is 6. The Labute approximate surface area is 166 Å². The second-order valence-corrected chi connectivity index (χ2v) is 9.71. The molecule has 10 heteroatoms. The molecule has 1 aromatic carbocycles. The average molecular weight is 413 g/mol. The third-order valence-electron chi connectivity index (χ3n) is 5.63. The van der Waals surface area contributed by atoms with Gasteiger partial charge in [-0.1, -0.05) is 18.2 Å². The number of carbonyl (C=O) groups excluding carboxylic acids is 1. The van der Waals surface area contributed by atoms with E-state index in [1.807, 2.05) is 24.3 Å². The van der Waals surface area contributed by atoms with Crippen LogP contribution in [0.15, 0.2) is 41.6 Å². The highest BCUT2D eigenvalue weighted by Gasteiger charge is 2.31. The highest BCUT2D eigenvalue weighted by Crippen LogP contribution is 2.28. The van der Waals surface area contributed by atoms with E-state index >= 15 is 0 Å². The van der Waals surface area contributed by atoms with Gasteiger partial charge in [-0.2, -0.15) is 5.10 Å². The molecule has 3 aromatic rings. The Morgan fingerprint density at radius 3 is 2.86 bits per heavy atom. The summed E-state index contributed by atoms with van der Waals surface area (Å²) in [6.45, 7) is 0.482. The fourth-order valence-electron chi connectivity index (χ4n) is 4.14. The van der Waals surface area contributed by atoms with Gasteiger partial charge in [-0.25, -0.2) is 18.1 Å². The van der Waals surface area contributed by atoms with Crippen LogP contribution in [0.2, 0.25) is 0 Å². The van der Waals surface area contributed by atoms with E-state index in [1.54, 1.807) is 4.90 Å². The van der Waals surface area contributed by atoms with Gasteiger partial charge in [-0.15, -0.1) is 0 Å². The van der Waals surface area contributed by atoms with Gasteiger partial charge in [0.2, 0.25) is 5.91 Å². The molecule has 2 aromatic heterocycles. The molecule has 1 amide bonds. The van der Waals surface area contributed by atoms with Crippen molar-refractivity contribution in [1.82, 2.24) is 19.3 Å². The summed E-state index contributed by atoms with van der Waals surface area (Å²) in [5, 5.41) is 4.50. The van der Waals surface area contributed by atoms with Crippen molar-refractivity contribution in [3.05, 3.63) is 52.7 Å². The summed E-state index contributed by atoms with van der Waals surface area (Å²) in [7, 11) is -3.08. The molecule has 1 saturated heterocycles. The molecular formula is C19H19N5O4S. The van der Waals surface area contributed by atoms with Gasteiger partial charge in [-0.3, -0.25) is 14.2 Å². The van der Waals surface area contributed by atoms with E-state index in [9.17, 15) is 18.0 Å². The third-order valence-corrected chi connectivity index (χ3v) is 7.38. The zero-order valence-corrected chi connectivity index (χ0v) is 16.4. The monoisotopic (exact) mass is 413 g/mol. The molecule has 0 aliphatic carbocycles. The number of carbonyl (C=O) groups is 1. The summed E-state index contributed by atoms with van der Waals surface area (Å²) in [5.41, 5.74) is 2.00. The van der Waals surface area contributed by atoms with Crippen LogP contribution in [0.5, 0.6) is 0 Å². The molecule has 0 bridgehead atoms. The lowest BCUT2D eigenvalue weighted by atomic mass is 10.2. The predicted octanol–water partition coefficient (Wildman–Crippen LogP) is 0.542. The van der Waals surface area contributed by atoms with Crippen LogP contribution >= 0.6 is 0 Å². The van der Waals surface area contributed by atoms with Crippen LogP contribution < -0.4 is 10.5 Å². The number of para-hydroxylation sites is 1. The Balaban J connectivity index is 1.43. The summed E-state index contributed by atoms with van der Waals surface area (Å²) in [4.78, 5) is 31.7. The van der Waals surface area contributed by atoms with Gasteiger partial charge in [0.15, 0.2) is 15.5 Å². The molecule has 150 valence electrons. The molecule has 0 radical (unpaired) electrons. The smallest absolute Gasteiger partial charge is 0.264 e. The first-order valence-corrected chi connectivity index (χ1v) is 11.3. The van der Waals surface area contributed by atoms with Crippen molar-refractivity contribution in [3.8, 4) is 0 Å². The lowest BCUT2D eigenvalue weighted by Gasteiger charge is -2.18. The Hall–Kier alpha value is -3.01. The highest BCUT2D eigenvalue weighted by molar-refractivity contribution is 7.91. The summed E-state index contributed by atoms with van der Waals surface area (Å²) >= 11 is 0. The Kier molecular flexibility index (Phi) is 4.05. The SMILES string of the molecule is O=C(Cn1cnc2c(cnn2C2CCS(=O)(=O)C2)c1=O)N1CCc2ccccc21. The van der Waals surface area contributed by atoms with Crippen LogP contribution in [0.25, 0.3) is 11.0 Å². The molecule has 0 saturated carbocycles. The number of anilines is 1. The first-order valence-electron chi connectivity index (χ1n) is 9.44. The van der Waals surface area contributed by atoms with Gasteiger partial charge in [0.05, 0.1) is 23.7 Å². The maximum absolute atomic E-state index is 12.9. The fourth-order valence-corrected chi connectivity index (χ4v) is 5.84. The number of benzene rings is 1. The van der Waals surface area contributed by atoms with Gasteiger partial charge in [0, 0.05) is 12.2 Å². The van der Waals surface area contributed by atoms with E-state index in [-0.39, 0.29) is 40.9 Å². The van der Waals surface area contributed by atoms with E-state index in [4.69, 9.17) is 0 Å². The molecular weight excluding hydrogens is 394 g/mol. The predicted molar refractivity (Wildman–Crippen MR) is 107 cm³/mol. The molecule has 1 unspecified atom stereocenters. The minimum Gasteiger partial charge on any atom is -0.310 e. The molecule has 0 spiro atoms. The van der Waals surface area contributed by atoms with Gasteiger partial charge in [0.25, 0.3) is 5.56 Å². The van der Waals surface area contributed by atoms with Gasteiger partial charge >= 0.3 is 0 Å². The second-order valence-electron chi connectivity index (χ2n) is 7.48. The van der Waals surface area contributed by atoms with Gasteiger partial charge in [0.1, 0.15) is 18.3 Å². The Morgan fingerprint density at radius 2 is 2.07 bits per heavy atom. The van der Waals surface area contributed by atoms with E-state index < -0.39 is 9.84 Å². The van der Waals surface area contributed by atoms with Crippen LogP contribution in [-0.4, -0.2) is 51.7 Å². The third kappa shape index (κ3) is 3.03. The van der Waals surface area contributed by atoms with Crippen molar-refractivity contribution in [3.63, 3.8) is 0 Å². The standard InChI is InChI=1S/C19H19N5O4S/c25-17(23-7-5-13-3-1-2-4-16(13)23)10-22-12-20-18-15(19(22)26)9-21-24(18)14-6-8-29(27,28)11-14/h1-4,9,12,14H,5-8,10-11H2.